The fraction of sp³-hybridized carbons (Fsp3) is 0.0714. The highest BCUT2D eigenvalue weighted by molar-refractivity contribution is 9.10. The van der Waals surface area contributed by atoms with Crippen LogP contribution in [0.5, 0.6) is 5.75 Å². The van der Waals surface area contributed by atoms with Gasteiger partial charge in [0.15, 0.2) is 0 Å². The molecule has 0 atom stereocenters. The maximum atomic E-state index is 5.87. The quantitative estimate of drug-likeness (QED) is 0.806. The number of ether oxygens (including phenoxy) is 1. The Morgan fingerprint density at radius 3 is 2.84 bits per heavy atom. The van der Waals surface area contributed by atoms with Crippen LogP contribution in [-0.2, 0) is 6.61 Å². The first kappa shape index (κ1) is 12.0. The van der Waals surface area contributed by atoms with Crippen LogP contribution in [-0.4, -0.2) is 9.38 Å². The minimum absolute atomic E-state index is 0.414. The third kappa shape index (κ3) is 2.56. The molecule has 0 spiro atoms. The van der Waals surface area contributed by atoms with Crippen LogP contribution in [0, 0.1) is 0 Å². The third-order valence-corrected chi connectivity index (χ3v) is 3.25. The van der Waals surface area contributed by atoms with Gasteiger partial charge in [0.2, 0.25) is 0 Å². The molecule has 0 aliphatic rings. The van der Waals surface area contributed by atoms with Gasteiger partial charge in [0.25, 0.3) is 0 Å². The molecule has 0 amide bonds. The van der Waals surface area contributed by atoms with Crippen LogP contribution < -0.4 is 10.5 Å². The monoisotopic (exact) mass is 317 g/mol. The van der Waals surface area contributed by atoms with Gasteiger partial charge < -0.3 is 10.5 Å². The van der Waals surface area contributed by atoms with Gasteiger partial charge in [0.1, 0.15) is 23.8 Å². The Morgan fingerprint density at radius 2 is 2.05 bits per heavy atom. The molecule has 0 unspecified atom stereocenters. The number of anilines is 1. The van der Waals surface area contributed by atoms with Crippen molar-refractivity contribution in [1.82, 2.24) is 9.38 Å². The summed E-state index contributed by atoms with van der Waals surface area (Å²) >= 11 is 3.41. The number of nitrogens with two attached hydrogens (primary N) is 1. The summed E-state index contributed by atoms with van der Waals surface area (Å²) in [7, 11) is 0. The second-order valence-electron chi connectivity index (χ2n) is 4.16. The summed E-state index contributed by atoms with van der Waals surface area (Å²) in [4.78, 5) is 4.46. The van der Waals surface area contributed by atoms with E-state index in [1.165, 1.54) is 0 Å². The molecule has 0 aliphatic carbocycles. The first-order valence-electron chi connectivity index (χ1n) is 5.83. The van der Waals surface area contributed by atoms with E-state index in [0.29, 0.717) is 12.4 Å². The number of hydrogen-bond donors (Lipinski definition) is 1. The molecule has 0 saturated carbocycles. The SMILES string of the molecule is Nc1cccc2nc(COc3cccc(Br)c3)cn12. The lowest BCUT2D eigenvalue weighted by atomic mass is 10.3. The van der Waals surface area contributed by atoms with Crippen molar-refractivity contribution in [3.8, 4) is 5.75 Å². The van der Waals surface area contributed by atoms with Crippen molar-refractivity contribution in [3.05, 3.63) is 58.8 Å². The maximum Gasteiger partial charge on any atom is 0.138 e. The molecule has 2 N–H and O–H groups in total. The molecule has 0 saturated heterocycles. The van der Waals surface area contributed by atoms with E-state index in [2.05, 4.69) is 20.9 Å². The Hall–Kier alpha value is -2.01. The number of imidazole rings is 1. The van der Waals surface area contributed by atoms with Gasteiger partial charge >= 0.3 is 0 Å². The fourth-order valence-electron chi connectivity index (χ4n) is 1.87. The summed E-state index contributed by atoms with van der Waals surface area (Å²) in [6.45, 7) is 0.414. The number of rotatable bonds is 3. The van der Waals surface area contributed by atoms with E-state index < -0.39 is 0 Å². The summed E-state index contributed by atoms with van der Waals surface area (Å²) < 4.78 is 8.53. The van der Waals surface area contributed by atoms with Crippen LogP contribution >= 0.6 is 15.9 Å². The Labute approximate surface area is 119 Å². The van der Waals surface area contributed by atoms with Crippen molar-refractivity contribution in [2.45, 2.75) is 6.61 Å². The number of aromatic nitrogens is 2. The van der Waals surface area contributed by atoms with Gasteiger partial charge in [-0.3, -0.25) is 4.40 Å². The molecule has 0 bridgehead atoms. The molecule has 3 aromatic rings. The van der Waals surface area contributed by atoms with Crippen molar-refractivity contribution in [1.29, 1.82) is 0 Å². The van der Waals surface area contributed by atoms with E-state index in [1.54, 1.807) is 0 Å². The first-order valence-corrected chi connectivity index (χ1v) is 6.62. The van der Waals surface area contributed by atoms with Gasteiger partial charge in [-0.1, -0.05) is 28.1 Å². The molecule has 96 valence electrons. The standard InChI is InChI=1S/C14H12BrN3O/c15-10-3-1-4-12(7-10)19-9-11-8-18-13(16)5-2-6-14(18)17-11/h1-8H,9,16H2. The molecule has 3 rings (SSSR count). The predicted molar refractivity (Wildman–Crippen MR) is 78.1 cm³/mol. The maximum absolute atomic E-state index is 5.87. The lowest BCUT2D eigenvalue weighted by molar-refractivity contribution is 0.302. The summed E-state index contributed by atoms with van der Waals surface area (Å²) in [5, 5.41) is 0. The topological polar surface area (TPSA) is 52.5 Å². The largest absolute Gasteiger partial charge is 0.487 e. The molecule has 1 aromatic carbocycles. The van der Waals surface area contributed by atoms with Crippen LogP contribution in [0.1, 0.15) is 5.69 Å². The average Bonchev–Trinajstić information content (AvgIpc) is 2.81. The Kier molecular flexibility index (Phi) is 3.13. The van der Waals surface area contributed by atoms with Crippen molar-refractivity contribution in [2.75, 3.05) is 5.73 Å². The van der Waals surface area contributed by atoms with Crippen LogP contribution in [0.15, 0.2) is 53.1 Å². The zero-order valence-corrected chi connectivity index (χ0v) is 11.7. The minimum atomic E-state index is 0.414. The van der Waals surface area contributed by atoms with Crippen molar-refractivity contribution < 1.29 is 4.74 Å². The fourth-order valence-corrected chi connectivity index (χ4v) is 2.24. The zero-order chi connectivity index (χ0) is 13.2. The van der Waals surface area contributed by atoms with E-state index in [0.717, 1.165) is 21.6 Å². The molecule has 0 radical (unpaired) electrons. The van der Waals surface area contributed by atoms with Crippen molar-refractivity contribution in [3.63, 3.8) is 0 Å². The summed E-state index contributed by atoms with van der Waals surface area (Å²) in [6.07, 6.45) is 1.89. The second-order valence-corrected chi connectivity index (χ2v) is 5.07. The van der Waals surface area contributed by atoms with E-state index >= 15 is 0 Å². The number of pyridine rings is 1. The number of nitrogens with zero attached hydrogens (tertiary/aromatic N) is 2. The normalized spacial score (nSPS) is 10.8. The van der Waals surface area contributed by atoms with Crippen molar-refractivity contribution in [2.24, 2.45) is 0 Å². The molecule has 0 aliphatic heterocycles. The number of fused-ring (bicyclic) bond motifs is 1. The highest BCUT2D eigenvalue weighted by atomic mass is 79.9. The van der Waals surface area contributed by atoms with Crippen LogP contribution in [0.4, 0.5) is 5.82 Å². The molecule has 2 heterocycles. The summed E-state index contributed by atoms with van der Waals surface area (Å²) in [5.74, 6) is 1.47. The van der Waals surface area contributed by atoms with E-state index in [-0.39, 0.29) is 0 Å². The highest BCUT2D eigenvalue weighted by Gasteiger charge is 2.04. The minimum Gasteiger partial charge on any atom is -0.487 e. The predicted octanol–water partition coefficient (Wildman–Crippen LogP) is 3.26. The molecular formula is C14H12BrN3O. The second kappa shape index (κ2) is 4.93. The van der Waals surface area contributed by atoms with Crippen LogP contribution in [0.3, 0.4) is 0 Å². The summed E-state index contributed by atoms with van der Waals surface area (Å²) in [6, 6.07) is 13.4. The Balaban J connectivity index is 1.80. The third-order valence-electron chi connectivity index (χ3n) is 2.76. The van der Waals surface area contributed by atoms with Crippen molar-refractivity contribution >= 4 is 27.4 Å². The molecule has 0 fully saturated rings. The van der Waals surface area contributed by atoms with Crippen LogP contribution in [0.2, 0.25) is 0 Å². The van der Waals surface area contributed by atoms with Gasteiger partial charge in [0.05, 0.1) is 5.69 Å². The van der Waals surface area contributed by atoms with Crippen LogP contribution in [0.25, 0.3) is 5.65 Å². The Bertz CT molecular complexity index is 724. The lowest BCUT2D eigenvalue weighted by Gasteiger charge is -2.03. The molecule has 4 nitrogen and oxygen atoms in total. The van der Waals surface area contributed by atoms with E-state index in [4.69, 9.17) is 10.5 Å². The van der Waals surface area contributed by atoms with Gasteiger partial charge in [-0.15, -0.1) is 0 Å². The average molecular weight is 318 g/mol. The number of benzene rings is 1. The van der Waals surface area contributed by atoms with E-state index in [9.17, 15) is 0 Å². The zero-order valence-electron chi connectivity index (χ0n) is 10.1. The van der Waals surface area contributed by atoms with Gasteiger partial charge in [-0.05, 0) is 30.3 Å². The molecule has 2 aromatic heterocycles. The smallest absolute Gasteiger partial charge is 0.138 e. The number of hydrogen-bond acceptors (Lipinski definition) is 3. The Morgan fingerprint density at radius 1 is 1.21 bits per heavy atom. The number of nitrogen functional groups attached to an aromatic ring is 1. The highest BCUT2D eigenvalue weighted by Crippen LogP contribution is 2.19. The van der Waals surface area contributed by atoms with Gasteiger partial charge in [-0.25, -0.2) is 4.98 Å². The first-order chi connectivity index (χ1) is 9.22. The summed E-state index contributed by atoms with van der Waals surface area (Å²) in [5.41, 5.74) is 7.54. The lowest BCUT2D eigenvalue weighted by Crippen LogP contribution is -1.95. The molecular weight excluding hydrogens is 306 g/mol. The van der Waals surface area contributed by atoms with E-state index in [1.807, 2.05) is 53.1 Å². The molecule has 19 heavy (non-hydrogen) atoms. The number of halogens is 1. The van der Waals surface area contributed by atoms with Gasteiger partial charge in [-0.2, -0.15) is 0 Å². The molecule has 5 heteroatoms. The van der Waals surface area contributed by atoms with Gasteiger partial charge in [0, 0.05) is 10.7 Å².